The summed E-state index contributed by atoms with van der Waals surface area (Å²) in [5, 5.41) is 3.36. The third-order valence-electron chi connectivity index (χ3n) is 3.98. The number of hydrogen-bond acceptors (Lipinski definition) is 5. The van der Waals surface area contributed by atoms with Crippen LogP contribution in [0.15, 0.2) is 0 Å². The molecule has 2 heterocycles. The predicted octanol–water partition coefficient (Wildman–Crippen LogP) is -1.06. The summed E-state index contributed by atoms with van der Waals surface area (Å²) in [5.74, 6) is 0. The minimum absolute atomic E-state index is 0.300. The molecule has 0 aliphatic carbocycles. The lowest BCUT2D eigenvalue weighted by Crippen LogP contribution is -2.60. The Morgan fingerprint density at radius 1 is 1.29 bits per heavy atom. The molecule has 3 N–H and O–H groups in total. The van der Waals surface area contributed by atoms with Crippen LogP contribution >= 0.6 is 0 Å². The summed E-state index contributed by atoms with van der Waals surface area (Å²) in [7, 11) is 1.77. The van der Waals surface area contributed by atoms with E-state index in [1.165, 1.54) is 6.42 Å². The summed E-state index contributed by atoms with van der Waals surface area (Å²) in [5.41, 5.74) is 6.19. The van der Waals surface area contributed by atoms with Crippen LogP contribution in [0, 0.1) is 0 Å². The van der Waals surface area contributed by atoms with Gasteiger partial charge in [0.25, 0.3) is 0 Å². The Morgan fingerprint density at radius 2 is 2.06 bits per heavy atom. The maximum Gasteiger partial charge on any atom is 0.0589 e. The zero-order valence-corrected chi connectivity index (χ0v) is 10.9. The number of hydrogen-bond donors (Lipinski definition) is 2. The molecule has 0 radical (unpaired) electrons. The minimum atomic E-state index is 0.300. The molecule has 0 bridgehead atoms. The van der Waals surface area contributed by atoms with E-state index in [9.17, 15) is 0 Å². The molecule has 2 saturated heterocycles. The maximum absolute atomic E-state index is 6.19. The van der Waals surface area contributed by atoms with Crippen LogP contribution in [0.2, 0.25) is 0 Å². The second-order valence-corrected chi connectivity index (χ2v) is 5.09. The fourth-order valence-corrected chi connectivity index (χ4v) is 2.86. The zero-order valence-electron chi connectivity index (χ0n) is 10.9. The van der Waals surface area contributed by atoms with Crippen molar-refractivity contribution in [1.29, 1.82) is 0 Å². The first-order chi connectivity index (χ1) is 8.31. The molecule has 2 rings (SSSR count). The van der Waals surface area contributed by atoms with Gasteiger partial charge < -0.3 is 15.8 Å². The van der Waals surface area contributed by atoms with Crippen molar-refractivity contribution in [3.63, 3.8) is 0 Å². The largest absolute Gasteiger partial charge is 0.383 e. The molecule has 2 aliphatic heterocycles. The molecule has 0 aromatic rings. The number of nitrogens with one attached hydrogen (secondary N) is 1. The molecule has 2 unspecified atom stereocenters. The van der Waals surface area contributed by atoms with Gasteiger partial charge >= 0.3 is 0 Å². The van der Waals surface area contributed by atoms with Crippen LogP contribution in [0.3, 0.4) is 0 Å². The van der Waals surface area contributed by atoms with Crippen molar-refractivity contribution in [3.05, 3.63) is 0 Å². The number of rotatable bonds is 4. The molecule has 0 saturated carbocycles. The summed E-state index contributed by atoms with van der Waals surface area (Å²) in [6.07, 6.45) is 1.19. The van der Waals surface area contributed by atoms with Gasteiger partial charge in [-0.3, -0.25) is 9.80 Å². The van der Waals surface area contributed by atoms with Crippen LogP contribution in [0.5, 0.6) is 0 Å². The molecular formula is C12H26N4O. The maximum atomic E-state index is 6.19. The van der Waals surface area contributed by atoms with Gasteiger partial charge in [0.1, 0.15) is 0 Å². The van der Waals surface area contributed by atoms with Crippen molar-refractivity contribution in [1.82, 2.24) is 15.1 Å². The second-order valence-electron chi connectivity index (χ2n) is 5.09. The lowest BCUT2D eigenvalue weighted by Gasteiger charge is -2.43. The number of nitrogens with two attached hydrogens (primary N) is 1. The van der Waals surface area contributed by atoms with Crippen molar-refractivity contribution in [3.8, 4) is 0 Å². The molecular weight excluding hydrogens is 216 g/mol. The monoisotopic (exact) mass is 242 g/mol. The highest BCUT2D eigenvalue weighted by Gasteiger charge is 2.29. The Bertz CT molecular complexity index is 219. The number of piperazine rings is 1. The van der Waals surface area contributed by atoms with E-state index in [1.807, 2.05) is 0 Å². The van der Waals surface area contributed by atoms with Crippen molar-refractivity contribution < 1.29 is 4.74 Å². The second kappa shape index (κ2) is 6.66. The molecule has 100 valence electrons. The summed E-state index contributed by atoms with van der Waals surface area (Å²) < 4.78 is 5.12. The van der Waals surface area contributed by atoms with Gasteiger partial charge in [-0.25, -0.2) is 0 Å². The van der Waals surface area contributed by atoms with Crippen LogP contribution in [0.4, 0.5) is 0 Å². The van der Waals surface area contributed by atoms with Crippen molar-refractivity contribution >= 4 is 0 Å². The SMILES string of the molecule is COCCN1CCN(C2CCNCC2N)CC1. The first-order valence-electron chi connectivity index (χ1n) is 6.73. The van der Waals surface area contributed by atoms with E-state index in [0.29, 0.717) is 12.1 Å². The normalized spacial score (nSPS) is 32.8. The van der Waals surface area contributed by atoms with E-state index < -0.39 is 0 Å². The van der Waals surface area contributed by atoms with Crippen LogP contribution in [-0.2, 0) is 4.74 Å². The van der Waals surface area contributed by atoms with Crippen molar-refractivity contribution in [2.75, 3.05) is 59.5 Å². The van der Waals surface area contributed by atoms with Gasteiger partial charge in [0.2, 0.25) is 0 Å². The lowest BCUT2D eigenvalue weighted by molar-refractivity contribution is 0.0587. The Morgan fingerprint density at radius 3 is 2.71 bits per heavy atom. The van der Waals surface area contributed by atoms with Crippen LogP contribution in [0.1, 0.15) is 6.42 Å². The van der Waals surface area contributed by atoms with E-state index in [1.54, 1.807) is 7.11 Å². The zero-order chi connectivity index (χ0) is 12.1. The lowest BCUT2D eigenvalue weighted by atomic mass is 9.99. The van der Waals surface area contributed by atoms with Crippen LogP contribution in [0.25, 0.3) is 0 Å². The molecule has 0 aromatic heterocycles. The van der Waals surface area contributed by atoms with Crippen LogP contribution in [-0.4, -0.2) is 81.4 Å². The quantitative estimate of drug-likeness (QED) is 0.658. The smallest absolute Gasteiger partial charge is 0.0589 e. The molecule has 2 atom stereocenters. The Labute approximate surface area is 104 Å². The highest BCUT2D eigenvalue weighted by Crippen LogP contribution is 2.13. The topological polar surface area (TPSA) is 53.8 Å². The van der Waals surface area contributed by atoms with Crippen LogP contribution < -0.4 is 11.1 Å². The molecule has 0 spiro atoms. The van der Waals surface area contributed by atoms with E-state index in [2.05, 4.69) is 15.1 Å². The first kappa shape index (κ1) is 13.2. The minimum Gasteiger partial charge on any atom is -0.383 e. The van der Waals surface area contributed by atoms with E-state index in [4.69, 9.17) is 10.5 Å². The van der Waals surface area contributed by atoms with Crippen molar-refractivity contribution in [2.24, 2.45) is 5.73 Å². The molecule has 0 amide bonds. The molecule has 17 heavy (non-hydrogen) atoms. The summed E-state index contributed by atoms with van der Waals surface area (Å²) in [6, 6.07) is 0.884. The van der Waals surface area contributed by atoms with E-state index >= 15 is 0 Å². The molecule has 0 aromatic carbocycles. The van der Waals surface area contributed by atoms with E-state index in [-0.39, 0.29) is 0 Å². The van der Waals surface area contributed by atoms with Gasteiger partial charge in [0.15, 0.2) is 0 Å². The number of ether oxygens (including phenoxy) is 1. The summed E-state index contributed by atoms with van der Waals surface area (Å²) in [6.45, 7) is 8.59. The van der Waals surface area contributed by atoms with E-state index in [0.717, 1.165) is 52.4 Å². The fourth-order valence-electron chi connectivity index (χ4n) is 2.86. The predicted molar refractivity (Wildman–Crippen MR) is 69.1 cm³/mol. The molecule has 2 fully saturated rings. The first-order valence-corrected chi connectivity index (χ1v) is 6.73. The Balaban J connectivity index is 1.74. The van der Waals surface area contributed by atoms with Gasteiger partial charge in [-0.05, 0) is 13.0 Å². The average molecular weight is 242 g/mol. The Hall–Kier alpha value is -0.200. The van der Waals surface area contributed by atoms with Gasteiger partial charge in [-0.2, -0.15) is 0 Å². The van der Waals surface area contributed by atoms with Gasteiger partial charge in [-0.15, -0.1) is 0 Å². The van der Waals surface area contributed by atoms with Gasteiger partial charge in [-0.1, -0.05) is 0 Å². The molecule has 5 nitrogen and oxygen atoms in total. The summed E-state index contributed by atoms with van der Waals surface area (Å²) in [4.78, 5) is 5.06. The molecule has 2 aliphatic rings. The average Bonchev–Trinajstić information content (AvgIpc) is 2.38. The highest BCUT2D eigenvalue weighted by atomic mass is 16.5. The summed E-state index contributed by atoms with van der Waals surface area (Å²) >= 11 is 0. The Kier molecular flexibility index (Phi) is 5.18. The van der Waals surface area contributed by atoms with Crippen molar-refractivity contribution in [2.45, 2.75) is 18.5 Å². The number of nitrogens with zero attached hydrogens (tertiary/aromatic N) is 2. The van der Waals surface area contributed by atoms with Gasteiger partial charge in [0, 0.05) is 58.5 Å². The van der Waals surface area contributed by atoms with Gasteiger partial charge in [0.05, 0.1) is 6.61 Å². The third-order valence-corrected chi connectivity index (χ3v) is 3.98. The number of piperidine rings is 1. The molecule has 5 heteroatoms. The standard InChI is InChI=1S/C12H26N4O/c1-17-9-8-15-4-6-16(7-5-15)12-2-3-14-10-11(12)13/h11-12,14H,2-10,13H2,1H3. The number of methoxy groups -OCH3 is 1. The third kappa shape index (κ3) is 3.63. The highest BCUT2D eigenvalue weighted by molar-refractivity contribution is 4.90. The fraction of sp³-hybridized carbons (Fsp3) is 1.00.